The van der Waals surface area contributed by atoms with Crippen LogP contribution in [-0.4, -0.2) is 39.8 Å². The van der Waals surface area contributed by atoms with E-state index < -0.39 is 24.5 Å². The minimum atomic E-state index is -1.60. The fourth-order valence-electron chi connectivity index (χ4n) is 0. The van der Waals surface area contributed by atoms with Crippen LogP contribution < -0.4 is 5.73 Å². The first-order valence-corrected chi connectivity index (χ1v) is 2.27. The van der Waals surface area contributed by atoms with Gasteiger partial charge in [0.15, 0.2) is 0 Å². The molecular weight excluding hydrogens is 158 g/mol. The molecule has 1 amide bonds. The van der Waals surface area contributed by atoms with Gasteiger partial charge in [-0.1, -0.05) is 0 Å². The van der Waals surface area contributed by atoms with Crippen molar-refractivity contribution in [1.29, 1.82) is 0 Å². The number of carboxylic acids is 2. The molecule has 0 aromatic heterocycles. The number of hydrogen-bond acceptors (Lipinski definition) is 4. The van der Waals surface area contributed by atoms with Crippen molar-refractivity contribution in [2.45, 2.75) is 0 Å². The Morgan fingerprint density at radius 1 is 1.18 bits per heavy atom. The van der Waals surface area contributed by atoms with Crippen LogP contribution >= 0.6 is 0 Å². The zero-order chi connectivity index (χ0) is 9.44. The van der Waals surface area contributed by atoms with Crippen molar-refractivity contribution < 1.29 is 29.7 Å². The van der Waals surface area contributed by atoms with E-state index in [1.54, 1.807) is 0 Å². The van der Waals surface area contributed by atoms with Crippen molar-refractivity contribution >= 4 is 17.8 Å². The van der Waals surface area contributed by atoms with Gasteiger partial charge in [-0.25, -0.2) is 9.59 Å². The van der Waals surface area contributed by atoms with Gasteiger partial charge < -0.3 is 21.1 Å². The van der Waals surface area contributed by atoms with Crippen LogP contribution in [0.5, 0.6) is 0 Å². The van der Waals surface area contributed by atoms with E-state index in [1.165, 1.54) is 0 Å². The second-order valence-corrected chi connectivity index (χ2v) is 1.22. The molecule has 0 radical (unpaired) electrons. The largest absolute Gasteiger partial charge is 0.480 e. The molecule has 0 aliphatic carbocycles. The minimum absolute atomic E-state index is 0.778. The highest BCUT2D eigenvalue weighted by Gasteiger charge is 2.00. The van der Waals surface area contributed by atoms with Gasteiger partial charge in [0.2, 0.25) is 0 Å². The second-order valence-electron chi connectivity index (χ2n) is 1.22. The van der Waals surface area contributed by atoms with Crippen LogP contribution in [0.1, 0.15) is 0 Å². The molecule has 64 valence electrons. The van der Waals surface area contributed by atoms with Crippen LogP contribution in [0.25, 0.3) is 0 Å². The fourth-order valence-corrected chi connectivity index (χ4v) is 0. The Bertz CT molecular complexity index is 152. The van der Waals surface area contributed by atoms with Gasteiger partial charge in [-0.3, -0.25) is 4.79 Å². The van der Waals surface area contributed by atoms with Gasteiger partial charge >= 0.3 is 17.8 Å². The third-order valence-electron chi connectivity index (χ3n) is 0.346. The highest BCUT2D eigenvalue weighted by atomic mass is 16.4. The minimum Gasteiger partial charge on any atom is -0.480 e. The van der Waals surface area contributed by atoms with Gasteiger partial charge in [0.1, 0.15) is 6.61 Å². The molecule has 0 aliphatic rings. The fraction of sp³-hybridized carbons (Fsp3) is 0.250. The number of amides is 1. The van der Waals surface area contributed by atoms with Gasteiger partial charge in [0.05, 0.1) is 0 Å². The normalized spacial score (nSPS) is 7.36. The summed E-state index contributed by atoms with van der Waals surface area (Å²) in [5.74, 6) is -4.12. The van der Waals surface area contributed by atoms with Crippen molar-refractivity contribution in [1.82, 2.24) is 0 Å². The first-order chi connectivity index (χ1) is 4.91. The van der Waals surface area contributed by atoms with E-state index in [9.17, 15) is 9.59 Å². The van der Waals surface area contributed by atoms with E-state index >= 15 is 0 Å². The highest BCUT2D eigenvalue weighted by Crippen LogP contribution is 1.51. The van der Waals surface area contributed by atoms with Crippen LogP contribution in [0.15, 0.2) is 0 Å². The maximum absolute atomic E-state index is 9.32. The monoisotopic (exact) mass is 165 g/mol. The third-order valence-corrected chi connectivity index (χ3v) is 0.346. The molecule has 7 heteroatoms. The summed E-state index contributed by atoms with van der Waals surface area (Å²) >= 11 is 0. The van der Waals surface area contributed by atoms with Gasteiger partial charge in [-0.2, -0.15) is 0 Å². The topological polar surface area (TPSA) is 138 Å². The predicted octanol–water partition coefficient (Wildman–Crippen LogP) is -2.38. The number of aliphatic carboxylic acids is 2. The molecule has 0 aliphatic heterocycles. The number of primary amides is 1. The highest BCUT2D eigenvalue weighted by molar-refractivity contribution is 6.30. The van der Waals surface area contributed by atoms with Crippen molar-refractivity contribution in [2.24, 2.45) is 5.73 Å². The van der Waals surface area contributed by atoms with Crippen molar-refractivity contribution in [2.75, 3.05) is 6.61 Å². The van der Waals surface area contributed by atoms with Crippen molar-refractivity contribution in [3.63, 3.8) is 0 Å². The Balaban J connectivity index is 0. The quantitative estimate of drug-likeness (QED) is 0.320. The van der Waals surface area contributed by atoms with Gasteiger partial charge in [-0.05, 0) is 0 Å². The molecule has 7 nitrogen and oxygen atoms in total. The van der Waals surface area contributed by atoms with E-state index in [0.29, 0.717) is 0 Å². The molecular formula is C4H7NO6. The zero-order valence-corrected chi connectivity index (χ0v) is 5.35. The van der Waals surface area contributed by atoms with Gasteiger partial charge in [-0.15, -0.1) is 0 Å². The van der Waals surface area contributed by atoms with Crippen molar-refractivity contribution in [3.8, 4) is 0 Å². The summed E-state index contributed by atoms with van der Waals surface area (Å²) in [6.07, 6.45) is 0. The Morgan fingerprint density at radius 3 is 1.36 bits per heavy atom. The molecule has 5 N–H and O–H groups in total. The Morgan fingerprint density at radius 2 is 1.36 bits per heavy atom. The molecule has 0 atom stereocenters. The smallest absolute Gasteiger partial charge is 0.394 e. The summed E-state index contributed by atoms with van der Waals surface area (Å²) in [4.78, 5) is 27.7. The zero-order valence-electron chi connectivity index (χ0n) is 5.35. The summed E-state index contributed by atoms with van der Waals surface area (Å²) in [6, 6.07) is 0. The summed E-state index contributed by atoms with van der Waals surface area (Å²) < 4.78 is 0. The lowest BCUT2D eigenvalue weighted by Crippen LogP contribution is -2.21. The molecule has 0 saturated heterocycles. The van der Waals surface area contributed by atoms with Crippen LogP contribution in [0.2, 0.25) is 0 Å². The van der Waals surface area contributed by atoms with E-state index in [-0.39, 0.29) is 0 Å². The van der Waals surface area contributed by atoms with E-state index in [4.69, 9.17) is 20.1 Å². The number of carboxylic acid groups (broad SMARTS) is 2. The van der Waals surface area contributed by atoms with E-state index in [0.717, 1.165) is 0 Å². The molecule has 0 aromatic carbocycles. The summed E-state index contributed by atoms with van der Waals surface area (Å²) in [5.41, 5.74) is 4.20. The van der Waals surface area contributed by atoms with E-state index in [1.807, 2.05) is 0 Å². The molecule has 0 bridgehead atoms. The maximum atomic E-state index is 9.32. The number of aliphatic hydroxyl groups excluding tert-OH is 1. The summed E-state index contributed by atoms with van der Waals surface area (Å²) in [6.45, 7) is -0.778. The first-order valence-electron chi connectivity index (χ1n) is 2.27. The molecule has 0 saturated carbocycles. The number of carbonyl (C=O) groups is 3. The summed E-state index contributed by atoms with van der Waals surface area (Å²) in [7, 11) is 0. The number of hydrogen-bond donors (Lipinski definition) is 4. The van der Waals surface area contributed by atoms with Crippen LogP contribution in [0.3, 0.4) is 0 Å². The standard InChI is InChI=1S/C2H3NO3.C2H4O3/c3-1(4)2(5)6;3-1-2(4)5/h(H2,3,4)(H,5,6);3H,1H2,(H,4,5). The Labute approximate surface area is 61.0 Å². The third kappa shape index (κ3) is 17.8. The maximum Gasteiger partial charge on any atom is 0.394 e. The first kappa shape index (κ1) is 12.1. The second kappa shape index (κ2) is 6.49. The van der Waals surface area contributed by atoms with Crippen LogP contribution in [-0.2, 0) is 14.4 Å². The molecule has 11 heavy (non-hydrogen) atoms. The lowest BCUT2D eigenvalue weighted by Gasteiger charge is -1.74. The number of nitrogens with two attached hydrogens (primary N) is 1. The SMILES string of the molecule is NC(=O)C(=O)O.O=C(O)CO. The average molecular weight is 165 g/mol. The number of carbonyl (C=O) groups excluding carboxylic acids is 1. The Kier molecular flexibility index (Phi) is 7.13. The van der Waals surface area contributed by atoms with Crippen LogP contribution in [0.4, 0.5) is 0 Å². The number of rotatable bonds is 1. The van der Waals surface area contributed by atoms with Crippen molar-refractivity contribution in [3.05, 3.63) is 0 Å². The molecule has 0 rings (SSSR count). The molecule has 0 unspecified atom stereocenters. The lowest BCUT2D eigenvalue weighted by molar-refractivity contribution is -0.148. The predicted molar refractivity (Wildman–Crippen MR) is 31.6 cm³/mol. The van der Waals surface area contributed by atoms with E-state index in [2.05, 4.69) is 5.73 Å². The van der Waals surface area contributed by atoms with Crippen LogP contribution in [0, 0.1) is 0 Å². The summed E-state index contributed by atoms with van der Waals surface area (Å²) in [5, 5.41) is 22.5. The molecule has 0 spiro atoms. The van der Waals surface area contributed by atoms with Gasteiger partial charge in [0.25, 0.3) is 0 Å². The van der Waals surface area contributed by atoms with Gasteiger partial charge in [0, 0.05) is 0 Å². The molecule has 0 aromatic rings. The molecule has 0 fully saturated rings. The molecule has 0 heterocycles. The number of aliphatic hydroxyl groups is 1. The average Bonchev–Trinajstić information content (AvgIpc) is 1.89. The lowest BCUT2D eigenvalue weighted by atomic mass is 10.7. The Hall–Kier alpha value is -1.63.